The molecule has 256 valence electrons. The van der Waals surface area contributed by atoms with Gasteiger partial charge >= 0.3 is 0 Å². The van der Waals surface area contributed by atoms with E-state index in [-0.39, 0.29) is 70.8 Å². The normalized spacial score (nSPS) is 13.7. The second-order valence-electron chi connectivity index (χ2n) is 13.8. The van der Waals surface area contributed by atoms with Crippen LogP contribution in [0.5, 0.6) is 0 Å². The number of rotatable bonds is 5. The molecule has 11 aromatic rings. The molecule has 0 saturated carbocycles. The maximum atomic E-state index is 9.84. The minimum atomic E-state index is -0.387. The Labute approximate surface area is 331 Å². The minimum absolute atomic E-state index is 0.122. The van der Waals surface area contributed by atoms with Gasteiger partial charge in [-0.1, -0.05) is 170 Å². The molecule has 11 aromatic carbocycles. The average Bonchev–Trinajstić information content (AvgIpc) is 3.32. The lowest BCUT2D eigenvalue weighted by Gasteiger charge is -2.28. The van der Waals surface area contributed by atoms with Crippen LogP contribution in [0.4, 0.5) is 17.1 Å². The molecule has 1 heteroatoms. The summed E-state index contributed by atoms with van der Waals surface area (Å²) in [5, 5.41) is 10.4. The molecule has 0 aromatic heterocycles. The van der Waals surface area contributed by atoms with E-state index >= 15 is 0 Å². The van der Waals surface area contributed by atoms with Crippen molar-refractivity contribution in [3.63, 3.8) is 0 Å². The number of hydrogen-bond donors (Lipinski definition) is 0. The fourth-order valence-electron chi connectivity index (χ4n) is 8.20. The van der Waals surface area contributed by atoms with Crippen molar-refractivity contribution in [2.75, 3.05) is 4.90 Å². The third-order valence-corrected chi connectivity index (χ3v) is 10.7. The first-order valence-corrected chi connectivity index (χ1v) is 18.4. The largest absolute Gasteiger partial charge is 0.310 e. The van der Waals surface area contributed by atoms with Crippen molar-refractivity contribution in [3.05, 3.63) is 212 Å². The number of nitrogens with zero attached hydrogens (tertiary/aromatic N) is 1. The molecule has 0 N–H and O–H groups in total. The fraction of sp³-hybridized carbons (Fsp3) is 0. The highest BCUT2D eigenvalue weighted by Gasteiger charge is 2.19. The molecule has 0 aliphatic heterocycles. The summed E-state index contributed by atoms with van der Waals surface area (Å²) in [5.41, 5.74) is 1.35. The Hall–Kier alpha value is -7.22. The van der Waals surface area contributed by atoms with Gasteiger partial charge in [-0.2, -0.15) is 0 Å². The molecule has 0 saturated heterocycles. The summed E-state index contributed by atoms with van der Waals surface area (Å²) < 4.78 is 78.2. The standard InChI is InChI=1S/C54H35N/c1-4-16-43-38(13-1)33-52(49-22-9-7-19-46(43)49)36-25-29-41(30-26-36)55(54-35-40-15-3-6-18-45(40)48-21-11-12-24-51(48)54)42-31-27-37(28-32-42)53-34-39-14-2-5-17-44(39)47-20-8-10-23-50(47)53/h1-35H/i25D,26D,27D,28D,29D,30D,31D,32D. The van der Waals surface area contributed by atoms with E-state index in [4.69, 9.17) is 0 Å². The highest BCUT2D eigenvalue weighted by molar-refractivity contribution is 6.16. The second-order valence-corrected chi connectivity index (χ2v) is 13.8. The van der Waals surface area contributed by atoms with Crippen LogP contribution in [0.1, 0.15) is 11.0 Å². The van der Waals surface area contributed by atoms with Crippen LogP contribution in [0.2, 0.25) is 0 Å². The molecule has 0 unspecified atom stereocenters. The van der Waals surface area contributed by atoms with Crippen molar-refractivity contribution in [2.24, 2.45) is 0 Å². The predicted octanol–water partition coefficient (Wildman–Crippen LogP) is 15.4. The molecule has 0 radical (unpaired) electrons. The third-order valence-electron chi connectivity index (χ3n) is 10.7. The maximum Gasteiger partial charge on any atom is 0.0645 e. The molecule has 55 heavy (non-hydrogen) atoms. The second kappa shape index (κ2) is 12.7. The predicted molar refractivity (Wildman–Crippen MR) is 237 cm³/mol. The van der Waals surface area contributed by atoms with Gasteiger partial charge in [0.05, 0.1) is 16.7 Å². The Bertz CT molecular complexity index is 3500. The van der Waals surface area contributed by atoms with Crippen LogP contribution in [0.25, 0.3) is 86.9 Å². The molecule has 0 amide bonds. The molecule has 1 nitrogen and oxygen atoms in total. The Morgan fingerprint density at radius 3 is 1.02 bits per heavy atom. The smallest absolute Gasteiger partial charge is 0.0645 e. The monoisotopic (exact) mass is 705 g/mol. The van der Waals surface area contributed by atoms with Crippen LogP contribution in [-0.4, -0.2) is 0 Å². The van der Waals surface area contributed by atoms with Crippen molar-refractivity contribution in [1.29, 1.82) is 0 Å². The van der Waals surface area contributed by atoms with Gasteiger partial charge in [0.25, 0.3) is 0 Å². The first kappa shape index (κ1) is 24.2. The quantitative estimate of drug-likeness (QED) is 0.161. The van der Waals surface area contributed by atoms with Crippen molar-refractivity contribution in [1.82, 2.24) is 0 Å². The summed E-state index contributed by atoms with van der Waals surface area (Å²) in [6, 6.07) is 49.7. The van der Waals surface area contributed by atoms with E-state index in [0.29, 0.717) is 22.2 Å². The summed E-state index contributed by atoms with van der Waals surface area (Å²) in [4.78, 5) is 1.43. The van der Waals surface area contributed by atoms with E-state index in [1.165, 1.54) is 4.90 Å². The van der Waals surface area contributed by atoms with Crippen LogP contribution < -0.4 is 4.90 Å². The Morgan fingerprint density at radius 1 is 0.291 bits per heavy atom. The topological polar surface area (TPSA) is 3.24 Å². The zero-order valence-electron chi connectivity index (χ0n) is 37.5. The van der Waals surface area contributed by atoms with E-state index in [9.17, 15) is 11.0 Å². The molecule has 0 aliphatic rings. The highest BCUT2D eigenvalue weighted by Crippen LogP contribution is 2.44. The maximum absolute atomic E-state index is 9.84. The fourth-order valence-corrected chi connectivity index (χ4v) is 8.20. The average molecular weight is 706 g/mol. The number of fused-ring (bicyclic) bond motifs is 9. The lowest BCUT2D eigenvalue weighted by atomic mass is 9.93. The summed E-state index contributed by atoms with van der Waals surface area (Å²) in [7, 11) is 0. The number of benzene rings is 11. The molecule has 0 bridgehead atoms. The van der Waals surface area contributed by atoms with E-state index in [0.717, 1.165) is 59.2 Å². The molecular formula is C54H35N. The Balaban J connectivity index is 1.24. The van der Waals surface area contributed by atoms with Gasteiger partial charge in [-0.05, 0) is 124 Å². The highest BCUT2D eigenvalue weighted by atomic mass is 15.1. The van der Waals surface area contributed by atoms with Crippen molar-refractivity contribution < 1.29 is 11.0 Å². The molecule has 0 spiro atoms. The Morgan fingerprint density at radius 2 is 0.600 bits per heavy atom. The third kappa shape index (κ3) is 5.16. The first-order chi connectivity index (χ1) is 30.6. The first-order valence-electron chi connectivity index (χ1n) is 22.4. The summed E-state index contributed by atoms with van der Waals surface area (Å²) >= 11 is 0. The van der Waals surface area contributed by atoms with Gasteiger partial charge in [0.15, 0.2) is 0 Å². The molecule has 0 aliphatic carbocycles. The molecule has 0 atom stereocenters. The van der Waals surface area contributed by atoms with Crippen LogP contribution >= 0.6 is 0 Å². The van der Waals surface area contributed by atoms with Gasteiger partial charge in [0.1, 0.15) is 0 Å². The lowest BCUT2D eigenvalue weighted by molar-refractivity contribution is 1.30. The van der Waals surface area contributed by atoms with Crippen LogP contribution in [0.15, 0.2) is 212 Å². The van der Waals surface area contributed by atoms with Gasteiger partial charge < -0.3 is 4.90 Å². The summed E-state index contributed by atoms with van der Waals surface area (Å²) in [5.74, 6) is 0. The summed E-state index contributed by atoms with van der Waals surface area (Å²) in [6.07, 6.45) is 0. The van der Waals surface area contributed by atoms with Gasteiger partial charge in [-0.25, -0.2) is 0 Å². The molecule has 11 rings (SSSR count). The van der Waals surface area contributed by atoms with Crippen LogP contribution in [0.3, 0.4) is 0 Å². The zero-order valence-corrected chi connectivity index (χ0v) is 29.5. The summed E-state index contributed by atoms with van der Waals surface area (Å²) in [6.45, 7) is 0. The van der Waals surface area contributed by atoms with Crippen molar-refractivity contribution in [3.8, 4) is 22.3 Å². The van der Waals surface area contributed by atoms with E-state index < -0.39 is 0 Å². The minimum Gasteiger partial charge on any atom is -0.310 e. The Kier molecular flexibility index (Phi) is 5.59. The molecular weight excluding hydrogens is 663 g/mol. The van der Waals surface area contributed by atoms with E-state index in [1.54, 1.807) is 0 Å². The van der Waals surface area contributed by atoms with E-state index in [1.807, 2.05) is 164 Å². The molecule has 0 fully saturated rings. The van der Waals surface area contributed by atoms with Crippen LogP contribution in [-0.2, 0) is 0 Å². The number of hydrogen-bond acceptors (Lipinski definition) is 1. The molecule has 0 heterocycles. The van der Waals surface area contributed by atoms with E-state index in [2.05, 4.69) is 0 Å². The SMILES string of the molecule is [2H]c1c([2H])c(N(c2c([2H])c([2H])c(-c3cc4ccccc4c4ccccc34)c([2H])c2[2H])c2cc3ccccc3c3ccccc23)c([2H])c([2H])c1-c1cc2ccccc2c2ccccc12. The van der Waals surface area contributed by atoms with Gasteiger partial charge in [0.2, 0.25) is 0 Å². The zero-order chi connectivity index (χ0) is 43.3. The van der Waals surface area contributed by atoms with Crippen molar-refractivity contribution >= 4 is 81.7 Å². The van der Waals surface area contributed by atoms with Gasteiger partial charge in [0, 0.05) is 16.8 Å². The lowest BCUT2D eigenvalue weighted by Crippen LogP contribution is -2.10. The van der Waals surface area contributed by atoms with Crippen LogP contribution in [0, 0.1) is 0 Å². The van der Waals surface area contributed by atoms with Crippen molar-refractivity contribution in [2.45, 2.75) is 0 Å². The van der Waals surface area contributed by atoms with Gasteiger partial charge in [-0.3, -0.25) is 0 Å². The van der Waals surface area contributed by atoms with Gasteiger partial charge in [-0.15, -0.1) is 0 Å². The number of anilines is 3.